The Kier molecular flexibility index (Phi) is 4.36. The van der Waals surface area contributed by atoms with Crippen LogP contribution in [0, 0.1) is 5.82 Å². The van der Waals surface area contributed by atoms with Gasteiger partial charge in [0.15, 0.2) is 0 Å². The van der Waals surface area contributed by atoms with Crippen molar-refractivity contribution in [3.05, 3.63) is 34.1 Å². The molecule has 1 aromatic rings. The van der Waals surface area contributed by atoms with E-state index in [1.165, 1.54) is 17.0 Å². The van der Waals surface area contributed by atoms with Crippen molar-refractivity contribution in [1.82, 2.24) is 10.4 Å². The molecule has 1 heterocycles. The summed E-state index contributed by atoms with van der Waals surface area (Å²) < 4.78 is 13.8. The molecule has 7 heteroatoms. The highest BCUT2D eigenvalue weighted by molar-refractivity contribution is 9.10. The van der Waals surface area contributed by atoms with E-state index >= 15 is 0 Å². The summed E-state index contributed by atoms with van der Waals surface area (Å²) in [7, 11) is 0. The summed E-state index contributed by atoms with van der Waals surface area (Å²) in [5.74, 6) is -1.50. The van der Waals surface area contributed by atoms with Crippen molar-refractivity contribution in [2.45, 2.75) is 12.8 Å². The van der Waals surface area contributed by atoms with Crippen LogP contribution in [-0.4, -0.2) is 30.0 Å². The Bertz CT molecular complexity index is 483. The topological polar surface area (TPSA) is 58.6 Å². The zero-order valence-electron chi connectivity index (χ0n) is 9.99. The summed E-state index contributed by atoms with van der Waals surface area (Å²) >= 11 is 3.07. The number of hydroxylamine groups is 1. The molecule has 2 rings (SSSR count). The highest BCUT2D eigenvalue weighted by Gasteiger charge is 2.22. The van der Waals surface area contributed by atoms with Gasteiger partial charge in [-0.2, -0.15) is 5.48 Å². The van der Waals surface area contributed by atoms with Crippen LogP contribution in [0.2, 0.25) is 0 Å². The lowest BCUT2D eigenvalue weighted by molar-refractivity contribution is 0.0446. The normalized spacial score (nSPS) is 14.3. The molecule has 0 aliphatic carbocycles. The maximum atomic E-state index is 13.5. The van der Waals surface area contributed by atoms with Crippen LogP contribution in [0.4, 0.5) is 9.18 Å². The standard InChI is InChI=1S/C12H12BrFN2O3/c13-8-4-3-5-9(14)10(8)11(17)15-19-12(18)16-6-1-2-7-16/h3-5H,1-2,6-7H2,(H,15,17). The van der Waals surface area contributed by atoms with Crippen LogP contribution >= 0.6 is 15.9 Å². The minimum absolute atomic E-state index is 0.197. The van der Waals surface area contributed by atoms with Gasteiger partial charge in [-0.1, -0.05) is 6.07 Å². The molecule has 102 valence electrons. The third-order valence-corrected chi connectivity index (χ3v) is 3.45. The number of hydrogen-bond acceptors (Lipinski definition) is 3. The fourth-order valence-electron chi connectivity index (χ4n) is 1.82. The van der Waals surface area contributed by atoms with Gasteiger partial charge >= 0.3 is 6.09 Å². The van der Waals surface area contributed by atoms with Gasteiger partial charge in [0.25, 0.3) is 5.91 Å². The Morgan fingerprint density at radius 1 is 1.32 bits per heavy atom. The van der Waals surface area contributed by atoms with Gasteiger partial charge in [-0.15, -0.1) is 0 Å². The Morgan fingerprint density at radius 2 is 2.00 bits per heavy atom. The average molecular weight is 331 g/mol. The van der Waals surface area contributed by atoms with Gasteiger partial charge in [-0.25, -0.2) is 9.18 Å². The van der Waals surface area contributed by atoms with Crippen LogP contribution in [0.5, 0.6) is 0 Å². The van der Waals surface area contributed by atoms with Crippen LogP contribution in [0.25, 0.3) is 0 Å². The number of carbonyl (C=O) groups excluding carboxylic acids is 2. The molecule has 0 radical (unpaired) electrons. The van der Waals surface area contributed by atoms with Crippen molar-refractivity contribution < 1.29 is 18.8 Å². The minimum Gasteiger partial charge on any atom is -0.321 e. The largest absolute Gasteiger partial charge is 0.434 e. The van der Waals surface area contributed by atoms with Crippen LogP contribution in [0.15, 0.2) is 22.7 Å². The first-order valence-corrected chi connectivity index (χ1v) is 6.59. The number of benzene rings is 1. The molecule has 0 atom stereocenters. The van der Waals surface area contributed by atoms with Crippen LogP contribution in [0.3, 0.4) is 0 Å². The molecule has 1 saturated heterocycles. The second-order valence-electron chi connectivity index (χ2n) is 4.09. The summed E-state index contributed by atoms with van der Waals surface area (Å²) in [6, 6.07) is 4.15. The lowest BCUT2D eigenvalue weighted by Crippen LogP contribution is -2.36. The Labute approximate surface area is 117 Å². The van der Waals surface area contributed by atoms with Gasteiger partial charge in [0.1, 0.15) is 5.82 Å². The van der Waals surface area contributed by atoms with Crippen molar-refractivity contribution in [1.29, 1.82) is 0 Å². The Hall–Kier alpha value is -1.63. The zero-order valence-corrected chi connectivity index (χ0v) is 11.6. The second kappa shape index (κ2) is 6.01. The fourth-order valence-corrected chi connectivity index (χ4v) is 2.34. The van der Waals surface area contributed by atoms with Gasteiger partial charge in [-0.3, -0.25) is 4.79 Å². The number of carbonyl (C=O) groups is 2. The van der Waals surface area contributed by atoms with Gasteiger partial charge in [0.05, 0.1) is 5.56 Å². The third kappa shape index (κ3) is 3.23. The first kappa shape index (κ1) is 13.8. The van der Waals surface area contributed by atoms with Crippen molar-refractivity contribution in [3.8, 4) is 0 Å². The average Bonchev–Trinajstić information content (AvgIpc) is 2.89. The molecule has 0 aromatic heterocycles. The van der Waals surface area contributed by atoms with Gasteiger partial charge in [0.2, 0.25) is 0 Å². The molecule has 19 heavy (non-hydrogen) atoms. The highest BCUT2D eigenvalue weighted by atomic mass is 79.9. The number of likely N-dealkylation sites (tertiary alicyclic amines) is 1. The molecule has 0 spiro atoms. The first-order chi connectivity index (χ1) is 9.09. The molecule has 2 amide bonds. The van der Waals surface area contributed by atoms with Gasteiger partial charge < -0.3 is 9.74 Å². The molecule has 0 bridgehead atoms. The van der Waals surface area contributed by atoms with Crippen molar-refractivity contribution in [2.75, 3.05) is 13.1 Å². The summed E-state index contributed by atoms with van der Waals surface area (Å²) in [5.41, 5.74) is 1.76. The molecule has 1 aromatic carbocycles. The van der Waals surface area contributed by atoms with E-state index in [0.29, 0.717) is 17.6 Å². The smallest absolute Gasteiger partial charge is 0.321 e. The van der Waals surface area contributed by atoms with Gasteiger partial charge in [0, 0.05) is 17.6 Å². The van der Waals surface area contributed by atoms with E-state index < -0.39 is 17.8 Å². The maximum absolute atomic E-state index is 13.5. The van der Waals surface area contributed by atoms with E-state index in [4.69, 9.17) is 0 Å². The quantitative estimate of drug-likeness (QED) is 0.805. The summed E-state index contributed by atoms with van der Waals surface area (Å²) in [5, 5.41) is 0. The predicted molar refractivity (Wildman–Crippen MR) is 68.9 cm³/mol. The summed E-state index contributed by atoms with van der Waals surface area (Å²) in [4.78, 5) is 29.4. The SMILES string of the molecule is O=C(NOC(=O)N1CCCC1)c1c(F)cccc1Br. The van der Waals surface area contributed by atoms with Crippen LogP contribution in [-0.2, 0) is 4.84 Å². The van der Waals surface area contributed by atoms with Crippen molar-refractivity contribution in [3.63, 3.8) is 0 Å². The van der Waals surface area contributed by atoms with Crippen LogP contribution in [0.1, 0.15) is 23.2 Å². The van der Waals surface area contributed by atoms with Crippen LogP contribution < -0.4 is 5.48 Å². The predicted octanol–water partition coefficient (Wildman–Crippen LogP) is 2.47. The molecule has 1 fully saturated rings. The van der Waals surface area contributed by atoms with E-state index in [9.17, 15) is 14.0 Å². The monoisotopic (exact) mass is 330 g/mol. The molecule has 0 unspecified atom stereocenters. The van der Waals surface area contributed by atoms with E-state index in [2.05, 4.69) is 20.8 Å². The van der Waals surface area contributed by atoms with E-state index in [-0.39, 0.29) is 5.56 Å². The number of amides is 2. The van der Waals surface area contributed by atoms with Crippen molar-refractivity contribution in [2.24, 2.45) is 0 Å². The van der Waals surface area contributed by atoms with Gasteiger partial charge in [-0.05, 0) is 40.9 Å². The van der Waals surface area contributed by atoms with Crippen molar-refractivity contribution >= 4 is 27.9 Å². The number of rotatable bonds is 1. The molecule has 5 nitrogen and oxygen atoms in total. The molecular weight excluding hydrogens is 319 g/mol. The summed E-state index contributed by atoms with van der Waals surface area (Å²) in [6.45, 7) is 1.22. The minimum atomic E-state index is -0.808. The molecule has 1 N–H and O–H groups in total. The zero-order chi connectivity index (χ0) is 13.8. The first-order valence-electron chi connectivity index (χ1n) is 5.79. The Morgan fingerprint density at radius 3 is 2.63 bits per heavy atom. The number of halogens is 2. The number of hydrogen-bond donors (Lipinski definition) is 1. The Balaban J connectivity index is 1.96. The molecule has 1 aliphatic rings. The maximum Gasteiger partial charge on any atom is 0.434 e. The fraction of sp³-hybridized carbons (Fsp3) is 0.333. The molecular formula is C12H12BrFN2O3. The van der Waals surface area contributed by atoms with E-state index in [0.717, 1.165) is 18.9 Å². The lowest BCUT2D eigenvalue weighted by atomic mass is 10.2. The second-order valence-corrected chi connectivity index (χ2v) is 4.94. The van der Waals surface area contributed by atoms with E-state index in [1.54, 1.807) is 0 Å². The third-order valence-electron chi connectivity index (χ3n) is 2.79. The highest BCUT2D eigenvalue weighted by Crippen LogP contribution is 2.19. The lowest BCUT2D eigenvalue weighted by Gasteiger charge is -2.14. The molecule has 1 aliphatic heterocycles. The molecule has 0 saturated carbocycles. The number of nitrogens with zero attached hydrogens (tertiary/aromatic N) is 1. The number of nitrogens with one attached hydrogen (secondary N) is 1. The van der Waals surface area contributed by atoms with E-state index in [1.807, 2.05) is 5.48 Å². The summed E-state index contributed by atoms with van der Waals surface area (Å²) in [6.07, 6.45) is 1.21.